The lowest BCUT2D eigenvalue weighted by atomic mass is 9.95. The molecule has 10 aromatic rings. The summed E-state index contributed by atoms with van der Waals surface area (Å²) >= 11 is 0. The van der Waals surface area contributed by atoms with Crippen molar-refractivity contribution in [1.82, 2.24) is 4.57 Å². The third kappa shape index (κ3) is 5.27. The van der Waals surface area contributed by atoms with Crippen LogP contribution in [0.1, 0.15) is 0 Å². The maximum atomic E-state index is 2.50. The lowest BCUT2D eigenvalue weighted by molar-refractivity contribution is 1.18. The third-order valence-electron chi connectivity index (χ3n) is 10.6. The second kappa shape index (κ2) is 13.4. The van der Waals surface area contributed by atoms with E-state index in [1.54, 1.807) is 0 Å². The highest BCUT2D eigenvalue weighted by Crippen LogP contribution is 2.49. The molecule has 0 fully saturated rings. The normalized spacial score (nSPS) is 11.3. The van der Waals surface area contributed by atoms with E-state index >= 15 is 0 Å². The predicted octanol–water partition coefficient (Wildman–Crippen LogP) is 14.4. The topological polar surface area (TPSA) is 8.17 Å². The fourth-order valence-electron chi connectivity index (χ4n) is 8.24. The van der Waals surface area contributed by atoms with E-state index in [2.05, 4.69) is 228 Å². The summed E-state index contributed by atoms with van der Waals surface area (Å²) in [6, 6.07) is 78.9. The quantitative estimate of drug-likeness (QED) is 0.162. The number of para-hydroxylation sites is 3. The molecule has 0 atom stereocenters. The van der Waals surface area contributed by atoms with E-state index < -0.39 is 0 Å². The van der Waals surface area contributed by atoms with Gasteiger partial charge in [-0.2, -0.15) is 0 Å². The Morgan fingerprint density at radius 3 is 1.44 bits per heavy atom. The second-order valence-corrected chi connectivity index (χ2v) is 13.7. The highest BCUT2D eigenvalue weighted by Gasteiger charge is 2.25. The summed E-state index contributed by atoms with van der Waals surface area (Å²) in [7, 11) is 0. The molecule has 0 spiro atoms. The molecule has 10 rings (SSSR count). The van der Waals surface area contributed by atoms with E-state index in [1.807, 2.05) is 0 Å². The summed E-state index contributed by atoms with van der Waals surface area (Å²) in [6.45, 7) is 0. The molecule has 1 aromatic heterocycles. The Morgan fingerprint density at radius 1 is 0.296 bits per heavy atom. The van der Waals surface area contributed by atoms with Gasteiger partial charge in [0.15, 0.2) is 0 Å². The summed E-state index contributed by atoms with van der Waals surface area (Å²) in [5, 5.41) is 4.80. The van der Waals surface area contributed by atoms with Crippen LogP contribution in [-0.4, -0.2) is 4.57 Å². The van der Waals surface area contributed by atoms with Crippen LogP contribution < -0.4 is 4.90 Å². The minimum atomic E-state index is 1.12. The zero-order chi connectivity index (χ0) is 35.8. The largest absolute Gasteiger partial charge is 0.309 e. The molecule has 9 aromatic carbocycles. The molecule has 0 amide bonds. The summed E-state index contributed by atoms with van der Waals surface area (Å²) in [6.07, 6.45) is 0. The minimum Gasteiger partial charge on any atom is -0.309 e. The van der Waals surface area contributed by atoms with Gasteiger partial charge in [0, 0.05) is 32.8 Å². The third-order valence-corrected chi connectivity index (χ3v) is 10.6. The van der Waals surface area contributed by atoms with E-state index in [9.17, 15) is 0 Å². The van der Waals surface area contributed by atoms with E-state index in [0.29, 0.717) is 0 Å². The predicted molar refractivity (Wildman–Crippen MR) is 229 cm³/mol. The van der Waals surface area contributed by atoms with E-state index in [0.717, 1.165) is 28.1 Å². The van der Waals surface area contributed by atoms with Crippen LogP contribution in [0.5, 0.6) is 0 Å². The van der Waals surface area contributed by atoms with Crippen LogP contribution in [0.2, 0.25) is 0 Å². The molecule has 0 aliphatic heterocycles. The zero-order valence-electron chi connectivity index (χ0n) is 29.7. The van der Waals surface area contributed by atoms with Crippen molar-refractivity contribution in [3.63, 3.8) is 0 Å². The first kappa shape index (κ1) is 31.6. The molecule has 0 aliphatic carbocycles. The van der Waals surface area contributed by atoms with Gasteiger partial charge in [-0.25, -0.2) is 0 Å². The smallest absolute Gasteiger partial charge is 0.0618 e. The molecule has 0 saturated carbocycles. The van der Waals surface area contributed by atoms with Crippen LogP contribution in [0.25, 0.3) is 71.6 Å². The van der Waals surface area contributed by atoms with Crippen molar-refractivity contribution in [2.24, 2.45) is 0 Å². The average molecular weight is 689 g/mol. The average Bonchev–Trinajstić information content (AvgIpc) is 3.59. The Bertz CT molecular complexity index is 2860. The van der Waals surface area contributed by atoms with E-state index in [1.165, 1.54) is 60.6 Å². The van der Waals surface area contributed by atoms with Crippen LogP contribution in [0, 0.1) is 0 Å². The molecule has 0 radical (unpaired) electrons. The molecule has 2 heteroatoms. The van der Waals surface area contributed by atoms with Crippen molar-refractivity contribution >= 4 is 49.6 Å². The van der Waals surface area contributed by atoms with Crippen LogP contribution >= 0.6 is 0 Å². The lowest BCUT2D eigenvalue weighted by Gasteiger charge is -2.30. The first-order chi connectivity index (χ1) is 26.8. The maximum Gasteiger partial charge on any atom is 0.0618 e. The van der Waals surface area contributed by atoms with Crippen LogP contribution in [0.3, 0.4) is 0 Å². The second-order valence-electron chi connectivity index (χ2n) is 13.7. The molecule has 0 unspecified atom stereocenters. The van der Waals surface area contributed by atoms with Gasteiger partial charge in [0.1, 0.15) is 0 Å². The summed E-state index contributed by atoms with van der Waals surface area (Å²) in [5.41, 5.74) is 13.9. The summed E-state index contributed by atoms with van der Waals surface area (Å²) < 4.78 is 2.50. The highest BCUT2D eigenvalue weighted by molar-refractivity contribution is 6.18. The van der Waals surface area contributed by atoms with Gasteiger partial charge in [-0.05, 0) is 52.4 Å². The fraction of sp³-hybridized carbons (Fsp3) is 0. The van der Waals surface area contributed by atoms with E-state index in [-0.39, 0.29) is 0 Å². The molecular weight excluding hydrogens is 653 g/mol. The van der Waals surface area contributed by atoms with Gasteiger partial charge in [0.25, 0.3) is 0 Å². The highest BCUT2D eigenvalue weighted by atomic mass is 15.2. The van der Waals surface area contributed by atoms with Gasteiger partial charge in [0.05, 0.1) is 33.8 Å². The Morgan fingerprint density at radius 2 is 0.741 bits per heavy atom. The fourth-order valence-corrected chi connectivity index (χ4v) is 8.24. The first-order valence-corrected chi connectivity index (χ1v) is 18.5. The van der Waals surface area contributed by atoms with Crippen molar-refractivity contribution in [3.8, 4) is 39.1 Å². The number of aromatic nitrogens is 1. The number of hydrogen-bond donors (Lipinski definition) is 0. The Labute approximate surface area is 315 Å². The van der Waals surface area contributed by atoms with Gasteiger partial charge in [-0.15, -0.1) is 0 Å². The first-order valence-electron chi connectivity index (χ1n) is 18.5. The van der Waals surface area contributed by atoms with Crippen LogP contribution in [-0.2, 0) is 0 Å². The number of fused-ring (bicyclic) bond motifs is 4. The Hall–Kier alpha value is -7.16. The van der Waals surface area contributed by atoms with Gasteiger partial charge in [0.2, 0.25) is 0 Å². The molecule has 1 heterocycles. The van der Waals surface area contributed by atoms with Crippen LogP contribution in [0.15, 0.2) is 218 Å². The van der Waals surface area contributed by atoms with Gasteiger partial charge in [-0.3, -0.25) is 0 Å². The van der Waals surface area contributed by atoms with Crippen molar-refractivity contribution < 1.29 is 0 Å². The summed E-state index contributed by atoms with van der Waals surface area (Å²) in [4.78, 5) is 2.49. The monoisotopic (exact) mass is 688 g/mol. The van der Waals surface area contributed by atoms with Crippen molar-refractivity contribution in [2.45, 2.75) is 0 Å². The molecular formula is C52H36N2. The number of benzene rings is 9. The molecule has 0 saturated heterocycles. The molecule has 0 aliphatic rings. The van der Waals surface area contributed by atoms with Gasteiger partial charge >= 0.3 is 0 Å². The Kier molecular flexibility index (Phi) is 7.85. The number of anilines is 3. The van der Waals surface area contributed by atoms with Gasteiger partial charge in [-0.1, -0.05) is 188 Å². The lowest BCUT2D eigenvalue weighted by Crippen LogP contribution is -2.12. The SMILES string of the molecule is c1ccc(-c2ccccc2N(c2cccc3ccccc23)c2cccc3c2c2ccccc2n3-c2c(-c3ccccc3)cccc2-c2ccccc2)cc1. The number of hydrogen-bond acceptors (Lipinski definition) is 1. The molecule has 0 bridgehead atoms. The maximum absolute atomic E-state index is 2.50. The van der Waals surface area contributed by atoms with E-state index in [4.69, 9.17) is 0 Å². The standard InChI is InChI=1S/C52H36N2/c1-4-19-37(20-5-1)41-28-12-14-32-46(41)53(47-34-16-26-38-25-10-11-27-42(38)47)49-35-18-36-50-51(49)45-29-13-15-33-48(45)54(50)52-43(39-21-6-2-7-22-39)30-17-31-44(52)40-23-8-3-9-24-40/h1-36H. The Balaban J connectivity index is 1.34. The van der Waals surface area contributed by atoms with Crippen molar-refractivity contribution in [3.05, 3.63) is 218 Å². The van der Waals surface area contributed by atoms with Crippen molar-refractivity contribution in [1.29, 1.82) is 0 Å². The number of rotatable bonds is 7. The molecule has 254 valence electrons. The van der Waals surface area contributed by atoms with Crippen LogP contribution in [0.4, 0.5) is 17.1 Å². The summed E-state index contributed by atoms with van der Waals surface area (Å²) in [5.74, 6) is 0. The zero-order valence-corrected chi connectivity index (χ0v) is 29.7. The number of nitrogens with zero attached hydrogens (tertiary/aromatic N) is 2. The van der Waals surface area contributed by atoms with Gasteiger partial charge < -0.3 is 9.47 Å². The van der Waals surface area contributed by atoms with Crippen molar-refractivity contribution in [2.75, 3.05) is 4.90 Å². The minimum absolute atomic E-state index is 1.12. The molecule has 0 N–H and O–H groups in total. The molecule has 2 nitrogen and oxygen atoms in total. The molecule has 54 heavy (non-hydrogen) atoms.